The van der Waals surface area contributed by atoms with E-state index in [9.17, 15) is 0 Å². The number of aryl methyl sites for hydroxylation is 1. The van der Waals surface area contributed by atoms with E-state index in [0.29, 0.717) is 11.1 Å². The van der Waals surface area contributed by atoms with Crippen LogP contribution in [0.2, 0.25) is 5.15 Å². The van der Waals surface area contributed by atoms with Gasteiger partial charge in [-0.2, -0.15) is 11.3 Å². The van der Waals surface area contributed by atoms with Gasteiger partial charge in [0.15, 0.2) is 0 Å². The minimum atomic E-state index is 0.175. The summed E-state index contributed by atoms with van der Waals surface area (Å²) in [6.07, 6.45) is 6.37. The SMILES string of the molecule is Cc1c([C@H]2CC=CC[C@@H]2N)sc2c(NCc3ccsc3)cc(Cl)nc12. The number of hydrogen-bond donors (Lipinski definition) is 2. The second-order valence-electron chi connectivity index (χ2n) is 6.46. The number of allylic oxidation sites excluding steroid dienone is 1. The second-order valence-corrected chi connectivity index (χ2v) is 8.68. The quantitative estimate of drug-likeness (QED) is 0.445. The van der Waals surface area contributed by atoms with E-state index in [2.05, 4.69) is 46.2 Å². The van der Waals surface area contributed by atoms with Crippen LogP contribution in [-0.2, 0) is 6.54 Å². The standard InChI is InChI=1S/C19H20ClN3S2/c1-11-17-19(25-18(11)13-4-2-3-5-14(13)21)15(8-16(20)23-17)22-9-12-6-7-24-10-12/h2-3,6-8,10,13-14H,4-5,9,21H2,1H3,(H,22,23)/t13-,14-/m0/s1. The topological polar surface area (TPSA) is 50.9 Å². The fourth-order valence-electron chi connectivity index (χ4n) is 3.38. The molecule has 3 N–H and O–H groups in total. The molecule has 0 bridgehead atoms. The Morgan fingerprint density at radius 3 is 2.96 bits per heavy atom. The fraction of sp³-hybridized carbons (Fsp3) is 0.316. The van der Waals surface area contributed by atoms with Crippen molar-refractivity contribution in [2.24, 2.45) is 5.73 Å². The zero-order chi connectivity index (χ0) is 17.4. The van der Waals surface area contributed by atoms with Crippen molar-refractivity contribution in [2.45, 2.75) is 38.3 Å². The van der Waals surface area contributed by atoms with Crippen LogP contribution in [0.4, 0.5) is 5.69 Å². The number of halogens is 1. The van der Waals surface area contributed by atoms with Crippen molar-refractivity contribution in [1.82, 2.24) is 4.98 Å². The predicted octanol–water partition coefficient (Wildman–Crippen LogP) is 5.69. The van der Waals surface area contributed by atoms with Crippen LogP contribution in [0.15, 0.2) is 35.0 Å². The van der Waals surface area contributed by atoms with Gasteiger partial charge in [0.25, 0.3) is 0 Å². The van der Waals surface area contributed by atoms with E-state index in [0.717, 1.165) is 30.6 Å². The Labute approximate surface area is 160 Å². The van der Waals surface area contributed by atoms with Crippen LogP contribution in [0, 0.1) is 6.92 Å². The van der Waals surface area contributed by atoms with Crippen LogP contribution in [0.3, 0.4) is 0 Å². The molecule has 130 valence electrons. The summed E-state index contributed by atoms with van der Waals surface area (Å²) in [6, 6.07) is 4.24. The zero-order valence-corrected chi connectivity index (χ0v) is 16.3. The average molecular weight is 390 g/mol. The first kappa shape index (κ1) is 17.0. The minimum Gasteiger partial charge on any atom is -0.380 e. The van der Waals surface area contributed by atoms with E-state index < -0.39 is 0 Å². The molecule has 0 saturated carbocycles. The van der Waals surface area contributed by atoms with Gasteiger partial charge in [0.2, 0.25) is 0 Å². The van der Waals surface area contributed by atoms with Crippen LogP contribution in [0.1, 0.15) is 34.8 Å². The molecule has 4 rings (SSSR count). The number of thiophene rings is 2. The summed E-state index contributed by atoms with van der Waals surface area (Å²) in [7, 11) is 0. The number of nitrogens with one attached hydrogen (secondary N) is 1. The molecule has 2 atom stereocenters. The molecule has 3 nitrogen and oxygen atoms in total. The molecule has 0 aromatic carbocycles. The maximum Gasteiger partial charge on any atom is 0.131 e. The maximum atomic E-state index is 6.39. The summed E-state index contributed by atoms with van der Waals surface area (Å²) < 4.78 is 1.17. The Balaban J connectivity index is 1.73. The second kappa shape index (κ2) is 7.08. The number of aromatic nitrogens is 1. The van der Waals surface area contributed by atoms with Gasteiger partial charge in [0.1, 0.15) is 5.15 Å². The summed E-state index contributed by atoms with van der Waals surface area (Å²) >= 11 is 9.82. The highest BCUT2D eigenvalue weighted by Gasteiger charge is 2.26. The lowest BCUT2D eigenvalue weighted by Gasteiger charge is -2.24. The Morgan fingerprint density at radius 2 is 2.20 bits per heavy atom. The molecule has 0 fully saturated rings. The van der Waals surface area contributed by atoms with Crippen LogP contribution >= 0.6 is 34.3 Å². The van der Waals surface area contributed by atoms with E-state index in [1.54, 1.807) is 11.3 Å². The first-order chi connectivity index (χ1) is 12.1. The fourth-order valence-corrected chi connectivity index (χ4v) is 5.67. The number of anilines is 1. The van der Waals surface area contributed by atoms with E-state index in [1.165, 1.54) is 20.7 Å². The van der Waals surface area contributed by atoms with Gasteiger partial charge in [-0.1, -0.05) is 23.8 Å². The highest BCUT2D eigenvalue weighted by molar-refractivity contribution is 7.20. The third-order valence-corrected chi connectivity index (χ3v) is 7.13. The van der Waals surface area contributed by atoms with E-state index in [4.69, 9.17) is 17.3 Å². The van der Waals surface area contributed by atoms with Crippen molar-refractivity contribution in [3.8, 4) is 0 Å². The summed E-state index contributed by atoms with van der Waals surface area (Å²) in [5.74, 6) is 0.368. The normalized spacial score (nSPS) is 20.3. The lowest BCUT2D eigenvalue weighted by atomic mass is 9.87. The summed E-state index contributed by atoms with van der Waals surface area (Å²) in [4.78, 5) is 5.95. The third kappa shape index (κ3) is 3.34. The molecule has 6 heteroatoms. The molecule has 3 aromatic rings. The van der Waals surface area contributed by atoms with Gasteiger partial charge >= 0.3 is 0 Å². The van der Waals surface area contributed by atoms with Crippen molar-refractivity contribution in [3.63, 3.8) is 0 Å². The number of hydrogen-bond acceptors (Lipinski definition) is 5. The first-order valence-corrected chi connectivity index (χ1v) is 10.5. The zero-order valence-electron chi connectivity index (χ0n) is 14.0. The lowest BCUT2D eigenvalue weighted by molar-refractivity contribution is 0.526. The Hall–Kier alpha value is -1.40. The third-order valence-electron chi connectivity index (χ3n) is 4.76. The number of pyridine rings is 1. The molecule has 0 radical (unpaired) electrons. The van der Waals surface area contributed by atoms with Crippen molar-refractivity contribution in [2.75, 3.05) is 5.32 Å². The first-order valence-electron chi connectivity index (χ1n) is 8.38. The molecule has 25 heavy (non-hydrogen) atoms. The largest absolute Gasteiger partial charge is 0.380 e. The Kier molecular flexibility index (Phi) is 4.82. The molecule has 3 heterocycles. The highest BCUT2D eigenvalue weighted by Crippen LogP contribution is 2.42. The summed E-state index contributed by atoms with van der Waals surface area (Å²) in [6.45, 7) is 2.93. The number of fused-ring (bicyclic) bond motifs is 1. The van der Waals surface area contributed by atoms with Gasteiger partial charge in [-0.05, 0) is 47.7 Å². The Bertz CT molecular complexity index is 915. The molecule has 0 saturated heterocycles. The molecule has 1 aliphatic rings. The van der Waals surface area contributed by atoms with Gasteiger partial charge in [-0.15, -0.1) is 11.3 Å². The predicted molar refractivity (Wildman–Crippen MR) is 110 cm³/mol. The van der Waals surface area contributed by atoms with Gasteiger partial charge in [0, 0.05) is 29.4 Å². The van der Waals surface area contributed by atoms with Crippen molar-refractivity contribution in [1.29, 1.82) is 0 Å². The average Bonchev–Trinajstić information content (AvgIpc) is 3.22. The number of rotatable bonds is 4. The molecule has 0 spiro atoms. The molecule has 0 amide bonds. The van der Waals surface area contributed by atoms with Crippen LogP contribution < -0.4 is 11.1 Å². The van der Waals surface area contributed by atoms with E-state index in [1.807, 2.05) is 17.4 Å². The van der Waals surface area contributed by atoms with Crippen molar-refractivity contribution in [3.05, 3.63) is 56.2 Å². The lowest BCUT2D eigenvalue weighted by Crippen LogP contribution is -2.29. The minimum absolute atomic E-state index is 0.175. The van der Waals surface area contributed by atoms with Gasteiger partial charge in [-0.25, -0.2) is 4.98 Å². The molecule has 3 aromatic heterocycles. The van der Waals surface area contributed by atoms with E-state index in [-0.39, 0.29) is 6.04 Å². The monoisotopic (exact) mass is 389 g/mol. The van der Waals surface area contributed by atoms with Crippen LogP contribution in [0.25, 0.3) is 10.2 Å². The Morgan fingerprint density at radius 1 is 1.36 bits per heavy atom. The summed E-state index contributed by atoms with van der Waals surface area (Å²) in [5, 5.41) is 8.31. The van der Waals surface area contributed by atoms with Crippen molar-refractivity contribution >= 4 is 50.2 Å². The highest BCUT2D eigenvalue weighted by atomic mass is 35.5. The molecular formula is C19H20ClN3S2. The molecular weight excluding hydrogens is 370 g/mol. The smallest absolute Gasteiger partial charge is 0.131 e. The molecule has 0 unspecified atom stereocenters. The van der Waals surface area contributed by atoms with Crippen LogP contribution in [-0.4, -0.2) is 11.0 Å². The summed E-state index contributed by atoms with van der Waals surface area (Å²) in [5.41, 5.74) is 10.9. The van der Waals surface area contributed by atoms with Crippen LogP contribution in [0.5, 0.6) is 0 Å². The number of nitrogens with zero attached hydrogens (tertiary/aromatic N) is 1. The van der Waals surface area contributed by atoms with Gasteiger partial charge in [-0.3, -0.25) is 0 Å². The number of nitrogens with two attached hydrogens (primary N) is 1. The van der Waals surface area contributed by atoms with Gasteiger partial charge in [0.05, 0.1) is 15.9 Å². The molecule has 0 aliphatic heterocycles. The van der Waals surface area contributed by atoms with Gasteiger partial charge < -0.3 is 11.1 Å². The maximum absolute atomic E-state index is 6.39. The van der Waals surface area contributed by atoms with Crippen molar-refractivity contribution < 1.29 is 0 Å². The van der Waals surface area contributed by atoms with E-state index >= 15 is 0 Å². The molecule has 1 aliphatic carbocycles.